The van der Waals surface area contributed by atoms with Crippen molar-refractivity contribution in [3.05, 3.63) is 59.8 Å². The molecule has 0 saturated heterocycles. The fraction of sp³-hybridized carbons (Fsp3) is 0.286. The number of hydrogen-bond donors (Lipinski definition) is 3. The second-order valence-electron chi connectivity index (χ2n) is 6.33. The van der Waals surface area contributed by atoms with E-state index in [9.17, 15) is 4.79 Å². The van der Waals surface area contributed by atoms with Crippen molar-refractivity contribution >= 4 is 22.6 Å². The Morgan fingerprint density at radius 2 is 2.00 bits per heavy atom. The van der Waals surface area contributed by atoms with Crippen molar-refractivity contribution < 1.29 is 14.3 Å². The molecule has 0 spiro atoms. The number of anilines is 1. The van der Waals surface area contributed by atoms with Crippen molar-refractivity contribution in [2.45, 2.75) is 13.3 Å². The molecular formula is C21H25N3O3. The van der Waals surface area contributed by atoms with E-state index in [4.69, 9.17) is 9.47 Å². The van der Waals surface area contributed by atoms with E-state index >= 15 is 0 Å². The average Bonchev–Trinajstić information content (AvgIpc) is 3.07. The molecule has 0 atom stereocenters. The van der Waals surface area contributed by atoms with E-state index in [2.05, 4.69) is 21.7 Å². The first-order valence-electron chi connectivity index (χ1n) is 8.99. The number of fused-ring (bicyclic) bond motifs is 1. The minimum Gasteiger partial charge on any atom is -0.489 e. The number of hydrogen-bond acceptors (Lipinski definition) is 3. The van der Waals surface area contributed by atoms with Gasteiger partial charge in [0.25, 0.3) is 0 Å². The summed E-state index contributed by atoms with van der Waals surface area (Å²) in [5, 5.41) is 6.94. The number of methoxy groups -OCH3 is 1. The Morgan fingerprint density at radius 3 is 2.85 bits per heavy atom. The number of amides is 2. The van der Waals surface area contributed by atoms with Crippen molar-refractivity contribution in [3.8, 4) is 5.75 Å². The van der Waals surface area contributed by atoms with Gasteiger partial charge >= 0.3 is 6.03 Å². The Balaban J connectivity index is 1.54. The fourth-order valence-corrected chi connectivity index (χ4v) is 2.90. The fourth-order valence-electron chi connectivity index (χ4n) is 2.90. The van der Waals surface area contributed by atoms with Gasteiger partial charge in [-0.2, -0.15) is 0 Å². The maximum absolute atomic E-state index is 12.3. The van der Waals surface area contributed by atoms with Crippen LogP contribution in [0.25, 0.3) is 10.9 Å². The summed E-state index contributed by atoms with van der Waals surface area (Å²) < 4.78 is 10.7. The summed E-state index contributed by atoms with van der Waals surface area (Å²) >= 11 is 0. The molecule has 2 amide bonds. The van der Waals surface area contributed by atoms with Gasteiger partial charge in [0, 0.05) is 30.8 Å². The molecule has 3 rings (SSSR count). The third kappa shape index (κ3) is 5.01. The summed E-state index contributed by atoms with van der Waals surface area (Å²) in [5.74, 6) is 0.638. The highest BCUT2D eigenvalue weighted by Gasteiger charge is 2.09. The number of rotatable bonds is 8. The molecular weight excluding hydrogens is 342 g/mol. The first-order chi connectivity index (χ1) is 13.2. The zero-order valence-electron chi connectivity index (χ0n) is 15.7. The number of urea groups is 1. The van der Waals surface area contributed by atoms with Crippen LogP contribution in [0, 0.1) is 6.92 Å². The molecule has 0 aliphatic heterocycles. The van der Waals surface area contributed by atoms with Crippen LogP contribution in [0.2, 0.25) is 0 Å². The number of benzene rings is 2. The molecule has 2 aromatic carbocycles. The zero-order valence-corrected chi connectivity index (χ0v) is 15.7. The predicted octanol–water partition coefficient (Wildman–Crippen LogP) is 3.87. The number of carbonyl (C=O) groups is 1. The van der Waals surface area contributed by atoms with Gasteiger partial charge in [-0.25, -0.2) is 4.79 Å². The van der Waals surface area contributed by atoms with E-state index in [0.29, 0.717) is 31.2 Å². The van der Waals surface area contributed by atoms with Gasteiger partial charge < -0.3 is 25.1 Å². The summed E-state index contributed by atoms with van der Waals surface area (Å²) in [5.41, 5.74) is 3.99. The molecule has 0 aliphatic carbocycles. The summed E-state index contributed by atoms with van der Waals surface area (Å²) in [7, 11) is 1.62. The standard InChI is InChI=1S/C21H25N3O3/c1-15-7-8-19(20(13-15)27-12-11-26-2)24-21(25)22-10-9-16-14-23-18-6-4-3-5-17(16)18/h3-8,13-14,23H,9-12H2,1-2H3,(H2,22,24,25). The van der Waals surface area contributed by atoms with E-state index in [1.807, 2.05) is 49.5 Å². The molecule has 0 unspecified atom stereocenters. The maximum atomic E-state index is 12.3. The summed E-state index contributed by atoms with van der Waals surface area (Å²) in [6, 6.07) is 13.6. The van der Waals surface area contributed by atoms with Crippen molar-refractivity contribution in [1.29, 1.82) is 0 Å². The van der Waals surface area contributed by atoms with Crippen molar-refractivity contribution in [2.75, 3.05) is 32.2 Å². The molecule has 6 nitrogen and oxygen atoms in total. The van der Waals surface area contributed by atoms with E-state index in [-0.39, 0.29) is 6.03 Å². The highest BCUT2D eigenvalue weighted by molar-refractivity contribution is 5.91. The van der Waals surface area contributed by atoms with Gasteiger partial charge in [-0.05, 0) is 42.7 Å². The second-order valence-corrected chi connectivity index (χ2v) is 6.33. The van der Waals surface area contributed by atoms with Crippen molar-refractivity contribution in [3.63, 3.8) is 0 Å². The molecule has 1 heterocycles. The topological polar surface area (TPSA) is 75.4 Å². The first-order valence-corrected chi connectivity index (χ1v) is 8.99. The SMILES string of the molecule is COCCOc1cc(C)ccc1NC(=O)NCCc1c[nH]c2ccccc12. The van der Waals surface area contributed by atoms with E-state index in [0.717, 1.165) is 17.5 Å². The summed E-state index contributed by atoms with van der Waals surface area (Å²) in [6.07, 6.45) is 2.74. The molecule has 6 heteroatoms. The lowest BCUT2D eigenvalue weighted by molar-refractivity contribution is 0.146. The summed E-state index contributed by atoms with van der Waals surface area (Å²) in [4.78, 5) is 15.5. The average molecular weight is 367 g/mol. The molecule has 0 saturated carbocycles. The Morgan fingerprint density at radius 1 is 1.15 bits per heavy atom. The third-order valence-corrected chi connectivity index (χ3v) is 4.29. The zero-order chi connectivity index (χ0) is 19.1. The number of nitrogens with one attached hydrogen (secondary N) is 3. The van der Waals surface area contributed by atoms with Crippen molar-refractivity contribution in [2.24, 2.45) is 0 Å². The second kappa shape index (κ2) is 9.09. The van der Waals surface area contributed by atoms with Gasteiger partial charge in [-0.3, -0.25) is 0 Å². The predicted molar refractivity (Wildman–Crippen MR) is 108 cm³/mol. The van der Waals surface area contributed by atoms with Crippen LogP contribution in [0.15, 0.2) is 48.7 Å². The van der Waals surface area contributed by atoms with Crippen LogP contribution in [0.3, 0.4) is 0 Å². The number of H-pyrrole nitrogens is 1. The Labute approximate surface area is 158 Å². The normalized spacial score (nSPS) is 10.7. The van der Waals surface area contributed by atoms with Gasteiger partial charge in [-0.15, -0.1) is 0 Å². The van der Waals surface area contributed by atoms with Crippen LogP contribution in [0.4, 0.5) is 10.5 Å². The number of aryl methyl sites for hydroxylation is 1. The number of ether oxygens (including phenoxy) is 2. The van der Waals surface area contributed by atoms with E-state index in [1.165, 1.54) is 10.9 Å². The molecule has 0 fully saturated rings. The molecule has 142 valence electrons. The lowest BCUT2D eigenvalue weighted by atomic mass is 10.1. The lowest BCUT2D eigenvalue weighted by Gasteiger charge is -2.14. The maximum Gasteiger partial charge on any atom is 0.319 e. The highest BCUT2D eigenvalue weighted by Crippen LogP contribution is 2.25. The Kier molecular flexibility index (Phi) is 6.33. The number of carbonyl (C=O) groups excluding carboxylic acids is 1. The van der Waals surface area contributed by atoms with Crippen molar-refractivity contribution in [1.82, 2.24) is 10.3 Å². The molecule has 0 radical (unpaired) electrons. The van der Waals surface area contributed by atoms with Crippen LogP contribution in [-0.2, 0) is 11.2 Å². The highest BCUT2D eigenvalue weighted by atomic mass is 16.5. The number of para-hydroxylation sites is 1. The quantitative estimate of drug-likeness (QED) is 0.529. The lowest BCUT2D eigenvalue weighted by Crippen LogP contribution is -2.30. The van der Waals surface area contributed by atoms with Crippen LogP contribution in [0.5, 0.6) is 5.75 Å². The van der Waals surface area contributed by atoms with Crippen LogP contribution in [-0.4, -0.2) is 37.9 Å². The minimum atomic E-state index is -0.254. The summed E-state index contributed by atoms with van der Waals surface area (Å²) in [6.45, 7) is 3.44. The molecule has 0 bridgehead atoms. The largest absolute Gasteiger partial charge is 0.489 e. The van der Waals surface area contributed by atoms with Crippen LogP contribution in [0.1, 0.15) is 11.1 Å². The molecule has 1 aromatic heterocycles. The monoisotopic (exact) mass is 367 g/mol. The van der Waals surface area contributed by atoms with Crippen LogP contribution >= 0.6 is 0 Å². The first kappa shape index (κ1) is 18.8. The van der Waals surface area contributed by atoms with Gasteiger partial charge in [0.1, 0.15) is 12.4 Å². The Hall–Kier alpha value is -2.99. The third-order valence-electron chi connectivity index (χ3n) is 4.29. The smallest absolute Gasteiger partial charge is 0.319 e. The van der Waals surface area contributed by atoms with Gasteiger partial charge in [0.2, 0.25) is 0 Å². The minimum absolute atomic E-state index is 0.254. The van der Waals surface area contributed by atoms with Gasteiger partial charge in [0.05, 0.1) is 12.3 Å². The van der Waals surface area contributed by atoms with E-state index < -0.39 is 0 Å². The number of aromatic nitrogens is 1. The molecule has 0 aliphatic rings. The van der Waals surface area contributed by atoms with Gasteiger partial charge in [0.15, 0.2) is 0 Å². The van der Waals surface area contributed by atoms with Crippen LogP contribution < -0.4 is 15.4 Å². The molecule has 27 heavy (non-hydrogen) atoms. The Bertz CT molecular complexity index is 905. The molecule has 3 aromatic rings. The number of aromatic amines is 1. The van der Waals surface area contributed by atoms with Gasteiger partial charge in [-0.1, -0.05) is 24.3 Å². The van der Waals surface area contributed by atoms with E-state index in [1.54, 1.807) is 7.11 Å². The molecule has 3 N–H and O–H groups in total.